The lowest BCUT2D eigenvalue weighted by Gasteiger charge is -2.10. The minimum absolute atomic E-state index is 0.181. The molecule has 2 aromatic rings. The molecule has 1 amide bonds. The predicted molar refractivity (Wildman–Crippen MR) is 84.1 cm³/mol. The molecular formula is C15H20N4O3. The molecule has 118 valence electrons. The van der Waals surface area contributed by atoms with Crippen LogP contribution in [0.3, 0.4) is 0 Å². The van der Waals surface area contributed by atoms with Crippen LogP contribution in [-0.2, 0) is 6.54 Å². The second kappa shape index (κ2) is 6.57. The van der Waals surface area contributed by atoms with Crippen LogP contribution in [0, 0.1) is 6.92 Å². The molecule has 7 heteroatoms. The van der Waals surface area contributed by atoms with E-state index in [0.29, 0.717) is 25.4 Å². The first-order valence-corrected chi connectivity index (χ1v) is 6.98. The third-order valence-corrected chi connectivity index (χ3v) is 3.25. The highest BCUT2D eigenvalue weighted by atomic mass is 16.3. The molecule has 0 saturated heterocycles. The quantitative estimate of drug-likeness (QED) is 0.798. The summed E-state index contributed by atoms with van der Waals surface area (Å²) in [6.45, 7) is 6.77. The molecule has 0 aliphatic rings. The van der Waals surface area contributed by atoms with Gasteiger partial charge in [0.1, 0.15) is 17.5 Å². The zero-order valence-corrected chi connectivity index (χ0v) is 13.0. The third kappa shape index (κ3) is 3.09. The Labute approximate surface area is 128 Å². The highest BCUT2D eigenvalue weighted by Crippen LogP contribution is 2.20. The van der Waals surface area contributed by atoms with Crippen molar-refractivity contribution in [2.45, 2.75) is 13.5 Å². The Hall–Kier alpha value is -2.41. The topological polar surface area (TPSA) is 80.4 Å². The summed E-state index contributed by atoms with van der Waals surface area (Å²) in [7, 11) is 3.84. The summed E-state index contributed by atoms with van der Waals surface area (Å²) in [5, 5.41) is 3.00. The molecule has 0 unspecified atom stereocenters. The number of amides is 1. The summed E-state index contributed by atoms with van der Waals surface area (Å²) in [6.07, 6.45) is 2.99. The number of allylic oxidation sites excluding steroid dienone is 1. The fourth-order valence-electron chi connectivity index (χ4n) is 2.16. The van der Waals surface area contributed by atoms with Gasteiger partial charge in [-0.15, -0.1) is 6.58 Å². The van der Waals surface area contributed by atoms with E-state index in [0.717, 1.165) is 0 Å². The molecule has 0 aliphatic heterocycles. The maximum Gasteiger partial charge on any atom is 0.265 e. The highest BCUT2D eigenvalue weighted by molar-refractivity contribution is 6.06. The molecule has 0 aromatic carbocycles. The molecule has 0 saturated carbocycles. The van der Waals surface area contributed by atoms with Crippen LogP contribution in [0.5, 0.6) is 0 Å². The number of furan rings is 1. The first-order valence-electron chi connectivity index (χ1n) is 6.98. The molecule has 0 atom stereocenters. The van der Waals surface area contributed by atoms with E-state index in [2.05, 4.69) is 16.9 Å². The average molecular weight is 304 g/mol. The van der Waals surface area contributed by atoms with E-state index in [-0.39, 0.29) is 28.1 Å². The van der Waals surface area contributed by atoms with Crippen LogP contribution in [0.4, 0.5) is 0 Å². The number of likely N-dealkylation sites (N-methyl/N-ethyl adjacent to an activating group) is 1. The standard InChI is InChI=1S/C15H20N4O3/c1-5-7-19-9-17-14-12(15(19)21)11(10(2)22-14)13(20)16-6-8-18(3)4/h5,9H,1,6-8H2,2-4H3,(H,16,20). The summed E-state index contributed by atoms with van der Waals surface area (Å²) in [6, 6.07) is 0. The number of fused-ring (bicyclic) bond motifs is 1. The molecule has 0 aliphatic carbocycles. The number of hydrogen-bond donors (Lipinski definition) is 1. The van der Waals surface area contributed by atoms with E-state index >= 15 is 0 Å². The van der Waals surface area contributed by atoms with E-state index in [1.807, 2.05) is 19.0 Å². The lowest BCUT2D eigenvalue weighted by molar-refractivity contribution is 0.0951. The van der Waals surface area contributed by atoms with Crippen molar-refractivity contribution < 1.29 is 9.21 Å². The van der Waals surface area contributed by atoms with E-state index in [1.54, 1.807) is 13.0 Å². The van der Waals surface area contributed by atoms with Crippen molar-refractivity contribution in [3.8, 4) is 0 Å². The number of carbonyl (C=O) groups excluding carboxylic acids is 1. The van der Waals surface area contributed by atoms with Crippen molar-refractivity contribution in [1.82, 2.24) is 19.8 Å². The fraction of sp³-hybridized carbons (Fsp3) is 0.400. The molecule has 2 aromatic heterocycles. The Kier molecular flexibility index (Phi) is 4.77. The van der Waals surface area contributed by atoms with E-state index < -0.39 is 0 Å². The average Bonchev–Trinajstić information content (AvgIpc) is 2.78. The lowest BCUT2D eigenvalue weighted by atomic mass is 10.2. The van der Waals surface area contributed by atoms with Gasteiger partial charge in [-0.05, 0) is 21.0 Å². The molecular weight excluding hydrogens is 284 g/mol. The first kappa shape index (κ1) is 16.0. The molecule has 7 nitrogen and oxygen atoms in total. The normalized spacial score (nSPS) is 11.1. The molecule has 22 heavy (non-hydrogen) atoms. The van der Waals surface area contributed by atoms with Crippen molar-refractivity contribution in [2.24, 2.45) is 0 Å². The smallest absolute Gasteiger partial charge is 0.265 e. The lowest BCUT2D eigenvalue weighted by Crippen LogP contribution is -2.32. The number of hydrogen-bond acceptors (Lipinski definition) is 5. The number of rotatable bonds is 6. The highest BCUT2D eigenvalue weighted by Gasteiger charge is 2.22. The molecule has 0 spiro atoms. The summed E-state index contributed by atoms with van der Waals surface area (Å²) < 4.78 is 6.83. The number of carbonyl (C=O) groups is 1. The van der Waals surface area contributed by atoms with Gasteiger partial charge in [0.15, 0.2) is 0 Å². The van der Waals surface area contributed by atoms with Crippen LogP contribution in [-0.4, -0.2) is 47.5 Å². The van der Waals surface area contributed by atoms with Gasteiger partial charge in [-0.1, -0.05) is 6.08 Å². The molecule has 1 N–H and O–H groups in total. The van der Waals surface area contributed by atoms with Crippen LogP contribution in [0.15, 0.2) is 28.2 Å². The van der Waals surface area contributed by atoms with Gasteiger partial charge in [0.05, 0.1) is 5.56 Å². The fourth-order valence-corrected chi connectivity index (χ4v) is 2.16. The van der Waals surface area contributed by atoms with Crippen molar-refractivity contribution in [2.75, 3.05) is 27.2 Å². The molecule has 0 fully saturated rings. The van der Waals surface area contributed by atoms with Crippen molar-refractivity contribution >= 4 is 17.0 Å². The molecule has 0 bridgehead atoms. The summed E-state index contributed by atoms with van der Waals surface area (Å²) >= 11 is 0. The Morgan fingerprint density at radius 3 is 2.91 bits per heavy atom. The van der Waals surface area contributed by atoms with Crippen molar-refractivity contribution in [1.29, 1.82) is 0 Å². The maximum atomic E-state index is 12.5. The van der Waals surface area contributed by atoms with Gasteiger partial charge in [0.25, 0.3) is 11.5 Å². The van der Waals surface area contributed by atoms with E-state index in [4.69, 9.17) is 4.42 Å². The monoisotopic (exact) mass is 304 g/mol. The summed E-state index contributed by atoms with van der Waals surface area (Å²) in [5.74, 6) is 0.0617. The first-order chi connectivity index (χ1) is 10.5. The van der Waals surface area contributed by atoms with Crippen LogP contribution < -0.4 is 10.9 Å². The summed E-state index contributed by atoms with van der Waals surface area (Å²) in [4.78, 5) is 30.9. The number of aromatic nitrogens is 2. The van der Waals surface area contributed by atoms with Gasteiger partial charge < -0.3 is 14.6 Å². The number of nitrogens with zero attached hydrogens (tertiary/aromatic N) is 3. The maximum absolute atomic E-state index is 12.5. The molecule has 0 radical (unpaired) electrons. The summed E-state index contributed by atoms with van der Waals surface area (Å²) in [5.41, 5.74) is 0.129. The van der Waals surface area contributed by atoms with Crippen LogP contribution >= 0.6 is 0 Å². The number of nitrogens with one attached hydrogen (secondary N) is 1. The Balaban J connectivity index is 2.42. The van der Waals surface area contributed by atoms with Crippen molar-refractivity contribution in [3.63, 3.8) is 0 Å². The zero-order valence-electron chi connectivity index (χ0n) is 13.0. The van der Waals surface area contributed by atoms with Gasteiger partial charge in [0.2, 0.25) is 5.71 Å². The van der Waals surface area contributed by atoms with Gasteiger partial charge >= 0.3 is 0 Å². The van der Waals surface area contributed by atoms with Crippen molar-refractivity contribution in [3.05, 3.63) is 40.7 Å². The molecule has 2 heterocycles. The second-order valence-electron chi connectivity index (χ2n) is 5.26. The zero-order chi connectivity index (χ0) is 16.3. The Bertz CT molecular complexity index is 758. The SMILES string of the molecule is C=CCn1cnc2oc(C)c(C(=O)NCCN(C)C)c2c1=O. The van der Waals surface area contributed by atoms with Crippen LogP contribution in [0.2, 0.25) is 0 Å². The van der Waals surface area contributed by atoms with E-state index in [9.17, 15) is 9.59 Å². The predicted octanol–water partition coefficient (Wildman–Crippen LogP) is 0.775. The van der Waals surface area contributed by atoms with Gasteiger partial charge in [0, 0.05) is 19.6 Å². The Morgan fingerprint density at radius 2 is 2.27 bits per heavy atom. The largest absolute Gasteiger partial charge is 0.442 e. The van der Waals surface area contributed by atoms with E-state index in [1.165, 1.54) is 10.9 Å². The number of aryl methyl sites for hydroxylation is 1. The third-order valence-electron chi connectivity index (χ3n) is 3.25. The van der Waals surface area contributed by atoms with Gasteiger partial charge in [-0.2, -0.15) is 0 Å². The van der Waals surface area contributed by atoms with Gasteiger partial charge in [-0.25, -0.2) is 4.98 Å². The minimum atomic E-state index is -0.326. The minimum Gasteiger partial charge on any atom is -0.442 e. The van der Waals surface area contributed by atoms with Gasteiger partial charge in [-0.3, -0.25) is 14.2 Å². The van der Waals surface area contributed by atoms with Crippen LogP contribution in [0.1, 0.15) is 16.1 Å². The Morgan fingerprint density at radius 1 is 1.55 bits per heavy atom. The second-order valence-corrected chi connectivity index (χ2v) is 5.26. The molecule has 2 rings (SSSR count). The van der Waals surface area contributed by atoms with Crippen LogP contribution in [0.25, 0.3) is 11.1 Å².